The summed E-state index contributed by atoms with van der Waals surface area (Å²) in [5, 5.41) is 4.72. The standard InChI is InChI=1S/C17H22N2/c1-3-12-11-14-10-9-13-7-5-6-8-15(13)16(14)19-17(12)18-4-2/h9-11H,3-8H2,1-2H3,(H,18,19). The summed E-state index contributed by atoms with van der Waals surface area (Å²) in [4.78, 5) is 4.94. The number of hydrogen-bond acceptors (Lipinski definition) is 2. The van der Waals surface area contributed by atoms with E-state index in [2.05, 4.69) is 37.4 Å². The van der Waals surface area contributed by atoms with Crippen LogP contribution in [0.5, 0.6) is 0 Å². The molecule has 0 fully saturated rings. The van der Waals surface area contributed by atoms with Crippen molar-refractivity contribution in [2.24, 2.45) is 0 Å². The molecule has 1 heterocycles. The maximum atomic E-state index is 4.94. The molecule has 0 saturated heterocycles. The molecule has 100 valence electrons. The Bertz CT molecular complexity index is 602. The number of aromatic nitrogens is 1. The van der Waals surface area contributed by atoms with E-state index in [1.54, 1.807) is 0 Å². The lowest BCUT2D eigenvalue weighted by Gasteiger charge is -2.19. The zero-order chi connectivity index (χ0) is 13.2. The van der Waals surface area contributed by atoms with Crippen LogP contribution >= 0.6 is 0 Å². The molecule has 0 atom stereocenters. The van der Waals surface area contributed by atoms with E-state index in [0.717, 1.165) is 18.8 Å². The average molecular weight is 254 g/mol. The van der Waals surface area contributed by atoms with Gasteiger partial charge in [-0.05, 0) is 61.8 Å². The van der Waals surface area contributed by atoms with Crippen molar-refractivity contribution in [3.63, 3.8) is 0 Å². The molecule has 2 heteroatoms. The van der Waals surface area contributed by atoms with Crippen molar-refractivity contribution in [1.82, 2.24) is 4.98 Å². The first-order valence-electron chi connectivity index (χ1n) is 7.51. The summed E-state index contributed by atoms with van der Waals surface area (Å²) in [6.45, 7) is 5.26. The minimum atomic E-state index is 0.931. The molecule has 2 nitrogen and oxygen atoms in total. The fourth-order valence-corrected chi connectivity index (χ4v) is 3.10. The van der Waals surface area contributed by atoms with E-state index in [4.69, 9.17) is 4.98 Å². The number of rotatable bonds is 3. The van der Waals surface area contributed by atoms with Crippen LogP contribution in [0.4, 0.5) is 5.82 Å². The van der Waals surface area contributed by atoms with Crippen LogP contribution in [0.3, 0.4) is 0 Å². The quantitative estimate of drug-likeness (QED) is 0.891. The fraction of sp³-hybridized carbons (Fsp3) is 0.471. The normalized spacial score (nSPS) is 14.4. The maximum Gasteiger partial charge on any atom is 0.129 e. The Morgan fingerprint density at radius 2 is 2.00 bits per heavy atom. The summed E-state index contributed by atoms with van der Waals surface area (Å²) in [6, 6.07) is 6.88. The number of benzene rings is 1. The highest BCUT2D eigenvalue weighted by Gasteiger charge is 2.15. The van der Waals surface area contributed by atoms with Gasteiger partial charge in [-0.3, -0.25) is 0 Å². The molecule has 1 aliphatic rings. The highest BCUT2D eigenvalue weighted by Crippen LogP contribution is 2.30. The van der Waals surface area contributed by atoms with Gasteiger partial charge in [-0.25, -0.2) is 4.98 Å². The summed E-state index contributed by atoms with van der Waals surface area (Å²) in [5.41, 5.74) is 5.55. The van der Waals surface area contributed by atoms with Crippen LogP contribution < -0.4 is 5.32 Å². The van der Waals surface area contributed by atoms with E-state index in [1.807, 2.05) is 0 Å². The van der Waals surface area contributed by atoms with Crippen molar-refractivity contribution < 1.29 is 0 Å². The van der Waals surface area contributed by atoms with Gasteiger partial charge in [0.2, 0.25) is 0 Å². The summed E-state index contributed by atoms with van der Waals surface area (Å²) in [7, 11) is 0. The Kier molecular flexibility index (Phi) is 3.41. The third kappa shape index (κ3) is 2.20. The summed E-state index contributed by atoms with van der Waals surface area (Å²) in [6.07, 6.45) is 6.07. The average Bonchev–Trinajstić information content (AvgIpc) is 2.47. The van der Waals surface area contributed by atoms with Gasteiger partial charge in [0, 0.05) is 11.9 Å². The predicted octanol–water partition coefficient (Wildman–Crippen LogP) is 4.11. The predicted molar refractivity (Wildman–Crippen MR) is 81.9 cm³/mol. The zero-order valence-corrected chi connectivity index (χ0v) is 11.9. The number of fused-ring (bicyclic) bond motifs is 3. The fourth-order valence-electron chi connectivity index (χ4n) is 3.10. The van der Waals surface area contributed by atoms with Crippen LogP contribution in [0.25, 0.3) is 10.9 Å². The second-order valence-electron chi connectivity index (χ2n) is 5.36. The molecule has 0 radical (unpaired) electrons. The smallest absolute Gasteiger partial charge is 0.129 e. The maximum absolute atomic E-state index is 4.94. The molecule has 0 aliphatic heterocycles. The van der Waals surface area contributed by atoms with E-state index in [1.165, 1.54) is 53.3 Å². The van der Waals surface area contributed by atoms with Crippen molar-refractivity contribution in [2.75, 3.05) is 11.9 Å². The van der Waals surface area contributed by atoms with Crippen LogP contribution in [0.2, 0.25) is 0 Å². The van der Waals surface area contributed by atoms with Gasteiger partial charge in [-0.2, -0.15) is 0 Å². The third-order valence-corrected chi connectivity index (χ3v) is 4.12. The Hall–Kier alpha value is -1.57. The van der Waals surface area contributed by atoms with Gasteiger partial charge in [0.1, 0.15) is 5.82 Å². The summed E-state index contributed by atoms with van der Waals surface area (Å²) >= 11 is 0. The van der Waals surface area contributed by atoms with Crippen LogP contribution in [-0.4, -0.2) is 11.5 Å². The van der Waals surface area contributed by atoms with Gasteiger partial charge >= 0.3 is 0 Å². The van der Waals surface area contributed by atoms with E-state index in [0.29, 0.717) is 0 Å². The van der Waals surface area contributed by atoms with Crippen molar-refractivity contribution in [1.29, 1.82) is 0 Å². The molecule has 1 aromatic heterocycles. The van der Waals surface area contributed by atoms with E-state index < -0.39 is 0 Å². The van der Waals surface area contributed by atoms with E-state index >= 15 is 0 Å². The van der Waals surface area contributed by atoms with Gasteiger partial charge in [0.05, 0.1) is 5.52 Å². The Morgan fingerprint density at radius 1 is 1.16 bits per heavy atom. The topological polar surface area (TPSA) is 24.9 Å². The molecule has 0 amide bonds. The monoisotopic (exact) mass is 254 g/mol. The lowest BCUT2D eigenvalue weighted by Crippen LogP contribution is -2.07. The summed E-state index contributed by atoms with van der Waals surface area (Å²) in [5.74, 6) is 1.08. The molecule has 1 aliphatic carbocycles. The summed E-state index contributed by atoms with van der Waals surface area (Å²) < 4.78 is 0. The molecule has 0 bridgehead atoms. The van der Waals surface area contributed by atoms with Crippen molar-refractivity contribution in [2.45, 2.75) is 46.0 Å². The van der Waals surface area contributed by atoms with Crippen LogP contribution in [0, 0.1) is 0 Å². The molecule has 0 saturated carbocycles. The molecular formula is C17H22N2. The molecule has 0 spiro atoms. The van der Waals surface area contributed by atoms with Gasteiger partial charge in [-0.15, -0.1) is 0 Å². The minimum Gasteiger partial charge on any atom is -0.370 e. The second kappa shape index (κ2) is 5.20. The Balaban J connectivity index is 2.21. The molecule has 19 heavy (non-hydrogen) atoms. The van der Waals surface area contributed by atoms with Crippen LogP contribution in [0.15, 0.2) is 18.2 Å². The van der Waals surface area contributed by atoms with Crippen LogP contribution in [0.1, 0.15) is 43.4 Å². The van der Waals surface area contributed by atoms with Crippen molar-refractivity contribution >= 4 is 16.7 Å². The number of nitrogens with zero attached hydrogens (tertiary/aromatic N) is 1. The highest BCUT2D eigenvalue weighted by molar-refractivity contribution is 5.86. The molecule has 1 aromatic carbocycles. The second-order valence-corrected chi connectivity index (χ2v) is 5.36. The van der Waals surface area contributed by atoms with E-state index in [-0.39, 0.29) is 0 Å². The number of aryl methyl sites for hydroxylation is 3. The number of anilines is 1. The molecule has 0 unspecified atom stereocenters. The third-order valence-electron chi connectivity index (χ3n) is 4.12. The van der Waals surface area contributed by atoms with Gasteiger partial charge in [-0.1, -0.05) is 19.1 Å². The number of hydrogen-bond donors (Lipinski definition) is 1. The minimum absolute atomic E-state index is 0.931. The Morgan fingerprint density at radius 3 is 2.79 bits per heavy atom. The number of pyridine rings is 1. The first-order chi connectivity index (χ1) is 9.33. The molecule has 2 aromatic rings. The molecule has 1 N–H and O–H groups in total. The van der Waals surface area contributed by atoms with Crippen molar-refractivity contribution in [3.05, 3.63) is 34.9 Å². The number of nitrogens with one attached hydrogen (secondary N) is 1. The molecule has 3 rings (SSSR count). The zero-order valence-electron chi connectivity index (χ0n) is 11.9. The lowest BCUT2D eigenvalue weighted by molar-refractivity contribution is 0.689. The van der Waals surface area contributed by atoms with Gasteiger partial charge in [0.15, 0.2) is 0 Å². The van der Waals surface area contributed by atoms with Gasteiger partial charge in [0.25, 0.3) is 0 Å². The first-order valence-corrected chi connectivity index (χ1v) is 7.51. The first kappa shape index (κ1) is 12.5. The van der Waals surface area contributed by atoms with Crippen molar-refractivity contribution in [3.8, 4) is 0 Å². The van der Waals surface area contributed by atoms with Gasteiger partial charge < -0.3 is 5.32 Å². The largest absolute Gasteiger partial charge is 0.370 e. The SMILES string of the molecule is CCNc1nc2c3c(ccc2cc1CC)CCCC3. The molecular weight excluding hydrogens is 232 g/mol. The Labute approximate surface area is 115 Å². The van der Waals surface area contributed by atoms with Crippen LogP contribution in [-0.2, 0) is 19.3 Å². The van der Waals surface area contributed by atoms with E-state index in [9.17, 15) is 0 Å². The highest BCUT2D eigenvalue weighted by atomic mass is 15.0. The lowest BCUT2D eigenvalue weighted by atomic mass is 9.89.